The lowest BCUT2D eigenvalue weighted by Gasteiger charge is -2.39. The van der Waals surface area contributed by atoms with E-state index in [1.807, 2.05) is 35.2 Å². The first-order chi connectivity index (χ1) is 12.2. The Balaban J connectivity index is 1.65. The molecule has 0 aliphatic carbocycles. The highest BCUT2D eigenvalue weighted by Crippen LogP contribution is 2.29. The monoisotopic (exact) mass is 334 g/mol. The first-order valence-electron chi connectivity index (χ1n) is 8.28. The molecule has 3 heterocycles. The summed E-state index contributed by atoms with van der Waals surface area (Å²) >= 11 is 0. The van der Waals surface area contributed by atoms with Crippen molar-refractivity contribution >= 4 is 16.7 Å². The number of anilines is 1. The van der Waals surface area contributed by atoms with Crippen LogP contribution in [0.5, 0.6) is 0 Å². The van der Waals surface area contributed by atoms with Crippen molar-refractivity contribution < 1.29 is 5.11 Å². The van der Waals surface area contributed by atoms with Crippen molar-refractivity contribution in [1.82, 2.24) is 20.0 Å². The van der Waals surface area contributed by atoms with E-state index in [1.54, 1.807) is 17.1 Å². The molecule has 25 heavy (non-hydrogen) atoms. The lowest BCUT2D eigenvalue weighted by atomic mass is 9.92. The number of benzene rings is 1. The molecule has 2 aromatic heterocycles. The van der Waals surface area contributed by atoms with Crippen molar-refractivity contribution in [2.24, 2.45) is 0 Å². The van der Waals surface area contributed by atoms with Gasteiger partial charge in [0.1, 0.15) is 11.4 Å². The summed E-state index contributed by atoms with van der Waals surface area (Å²) in [5.74, 6) is 0.729. The lowest BCUT2D eigenvalue weighted by molar-refractivity contribution is 0.00586. The molecule has 1 unspecified atom stereocenters. The number of pyridine rings is 1. The third-order valence-electron chi connectivity index (χ3n) is 4.63. The molecule has 1 N–H and O–H groups in total. The Hall–Kier alpha value is -2.98. The van der Waals surface area contributed by atoms with Crippen LogP contribution in [-0.2, 0) is 6.54 Å². The summed E-state index contributed by atoms with van der Waals surface area (Å²) < 4.78 is 1.65. The number of para-hydroxylation sites is 1. The van der Waals surface area contributed by atoms with Crippen LogP contribution >= 0.6 is 0 Å². The maximum absolute atomic E-state index is 11.0. The highest BCUT2D eigenvalue weighted by atomic mass is 16.3. The Kier molecular flexibility index (Phi) is 3.82. The minimum absolute atomic E-state index is 0.391. The maximum atomic E-state index is 11.0. The second-order valence-corrected chi connectivity index (χ2v) is 6.51. The molecule has 0 bridgehead atoms. The number of nitrogens with zero attached hydrogens (tertiary/aromatic N) is 6. The van der Waals surface area contributed by atoms with E-state index in [1.165, 1.54) is 0 Å². The number of nitriles is 1. The number of aromatic nitrogens is 4. The Morgan fingerprint density at radius 1 is 1.32 bits per heavy atom. The molecule has 1 atom stereocenters. The molecule has 1 aliphatic heterocycles. The maximum Gasteiger partial charge on any atom is 0.130 e. The zero-order valence-corrected chi connectivity index (χ0v) is 13.7. The van der Waals surface area contributed by atoms with Crippen molar-refractivity contribution in [3.63, 3.8) is 0 Å². The molecule has 126 valence electrons. The molecular weight excluding hydrogens is 316 g/mol. The summed E-state index contributed by atoms with van der Waals surface area (Å²) in [4.78, 5) is 6.75. The molecule has 0 amide bonds. The first kappa shape index (κ1) is 15.5. The summed E-state index contributed by atoms with van der Waals surface area (Å²) in [6.07, 6.45) is 4.90. The van der Waals surface area contributed by atoms with Gasteiger partial charge in [0, 0.05) is 24.7 Å². The van der Waals surface area contributed by atoms with E-state index in [2.05, 4.69) is 16.4 Å². The number of rotatable bonds is 3. The smallest absolute Gasteiger partial charge is 0.130 e. The van der Waals surface area contributed by atoms with Gasteiger partial charge >= 0.3 is 0 Å². The van der Waals surface area contributed by atoms with E-state index in [4.69, 9.17) is 4.98 Å². The predicted molar refractivity (Wildman–Crippen MR) is 92.9 cm³/mol. The van der Waals surface area contributed by atoms with Gasteiger partial charge in [0.05, 0.1) is 29.9 Å². The third-order valence-corrected chi connectivity index (χ3v) is 4.63. The van der Waals surface area contributed by atoms with Crippen LogP contribution in [0.15, 0.2) is 42.7 Å². The molecule has 0 radical (unpaired) electrons. The molecule has 0 spiro atoms. The third kappa shape index (κ3) is 3.04. The molecule has 1 fully saturated rings. The number of piperidine rings is 1. The minimum atomic E-state index is -0.897. The SMILES string of the molecule is N#Cc1cc(N2CCCC(O)(Cn3ccnn3)C2)nc2ccccc12. The van der Waals surface area contributed by atoms with Gasteiger partial charge in [0.25, 0.3) is 0 Å². The molecule has 1 aliphatic rings. The van der Waals surface area contributed by atoms with Gasteiger partial charge in [-0.1, -0.05) is 23.4 Å². The summed E-state index contributed by atoms with van der Waals surface area (Å²) in [6.45, 7) is 1.64. The second-order valence-electron chi connectivity index (χ2n) is 6.51. The Labute approximate surface area is 145 Å². The number of β-amino-alcohol motifs (C(OH)–C–C–N with tert-alkyl or cyclic N) is 1. The normalized spacial score (nSPS) is 20.6. The quantitative estimate of drug-likeness (QED) is 0.784. The van der Waals surface area contributed by atoms with Crippen LogP contribution < -0.4 is 4.90 Å². The van der Waals surface area contributed by atoms with Gasteiger partial charge in [-0.25, -0.2) is 9.67 Å². The van der Waals surface area contributed by atoms with Crippen molar-refractivity contribution in [3.8, 4) is 6.07 Å². The Morgan fingerprint density at radius 2 is 2.20 bits per heavy atom. The van der Waals surface area contributed by atoms with E-state index in [-0.39, 0.29) is 0 Å². The molecule has 0 saturated carbocycles. The molecule has 7 heteroatoms. The van der Waals surface area contributed by atoms with E-state index in [0.29, 0.717) is 25.1 Å². The van der Waals surface area contributed by atoms with Gasteiger partial charge in [-0.2, -0.15) is 5.26 Å². The van der Waals surface area contributed by atoms with Crippen LogP contribution in [0.2, 0.25) is 0 Å². The van der Waals surface area contributed by atoms with Crippen molar-refractivity contribution in [2.45, 2.75) is 25.0 Å². The standard InChI is InChI=1S/C18H18N6O/c19-11-14-10-17(21-16-5-2-1-4-15(14)16)23-8-3-6-18(25,12-23)13-24-9-7-20-22-24/h1-2,4-5,7,9-10,25H,3,6,8,12-13H2. The van der Waals surface area contributed by atoms with E-state index >= 15 is 0 Å². The van der Waals surface area contributed by atoms with Gasteiger partial charge in [-0.3, -0.25) is 0 Å². The number of aliphatic hydroxyl groups is 1. The first-order valence-corrected chi connectivity index (χ1v) is 8.28. The summed E-state index contributed by atoms with van der Waals surface area (Å²) in [7, 11) is 0. The fourth-order valence-electron chi connectivity index (χ4n) is 3.47. The van der Waals surface area contributed by atoms with Crippen LogP contribution in [0.1, 0.15) is 18.4 Å². The number of hydrogen-bond acceptors (Lipinski definition) is 6. The van der Waals surface area contributed by atoms with Crippen molar-refractivity contribution in [2.75, 3.05) is 18.0 Å². The van der Waals surface area contributed by atoms with Crippen LogP contribution in [0, 0.1) is 11.3 Å². The van der Waals surface area contributed by atoms with Gasteiger partial charge in [0.15, 0.2) is 0 Å². The van der Waals surface area contributed by atoms with Gasteiger partial charge in [-0.05, 0) is 25.0 Å². The van der Waals surface area contributed by atoms with Crippen LogP contribution in [0.3, 0.4) is 0 Å². The lowest BCUT2D eigenvalue weighted by Crippen LogP contribution is -2.51. The predicted octanol–water partition coefficient (Wildman–Crippen LogP) is 1.73. The largest absolute Gasteiger partial charge is 0.386 e. The van der Waals surface area contributed by atoms with Crippen LogP contribution in [0.4, 0.5) is 5.82 Å². The van der Waals surface area contributed by atoms with Gasteiger partial charge in [0.2, 0.25) is 0 Å². The molecule has 7 nitrogen and oxygen atoms in total. The zero-order valence-electron chi connectivity index (χ0n) is 13.7. The highest BCUT2D eigenvalue weighted by molar-refractivity contribution is 5.86. The molecular formula is C18H18N6O. The average molecular weight is 334 g/mol. The van der Waals surface area contributed by atoms with E-state index in [0.717, 1.165) is 29.7 Å². The molecule has 3 aromatic rings. The minimum Gasteiger partial charge on any atom is -0.386 e. The van der Waals surface area contributed by atoms with Crippen LogP contribution in [-0.4, -0.2) is 43.8 Å². The fraction of sp³-hybridized carbons (Fsp3) is 0.333. The van der Waals surface area contributed by atoms with E-state index < -0.39 is 5.60 Å². The highest BCUT2D eigenvalue weighted by Gasteiger charge is 2.34. The summed E-state index contributed by atoms with van der Waals surface area (Å²) in [5, 5.41) is 29.1. The van der Waals surface area contributed by atoms with Crippen LogP contribution in [0.25, 0.3) is 10.9 Å². The van der Waals surface area contributed by atoms with E-state index in [9.17, 15) is 10.4 Å². The average Bonchev–Trinajstić information content (AvgIpc) is 3.13. The fourth-order valence-corrected chi connectivity index (χ4v) is 3.47. The van der Waals surface area contributed by atoms with Gasteiger partial charge < -0.3 is 10.0 Å². The summed E-state index contributed by atoms with van der Waals surface area (Å²) in [5.41, 5.74) is 0.499. The van der Waals surface area contributed by atoms with Gasteiger partial charge in [-0.15, -0.1) is 5.10 Å². The topological polar surface area (TPSA) is 90.9 Å². The zero-order chi connectivity index (χ0) is 17.3. The molecule has 1 aromatic carbocycles. The second kappa shape index (κ2) is 6.15. The number of fused-ring (bicyclic) bond motifs is 1. The van der Waals surface area contributed by atoms with Crippen molar-refractivity contribution in [1.29, 1.82) is 5.26 Å². The number of hydrogen-bond donors (Lipinski definition) is 1. The Bertz CT molecular complexity index is 932. The molecule has 1 saturated heterocycles. The van der Waals surface area contributed by atoms with Crippen molar-refractivity contribution in [3.05, 3.63) is 48.3 Å². The summed E-state index contributed by atoms with van der Waals surface area (Å²) in [6, 6.07) is 11.7. The Morgan fingerprint density at radius 3 is 3.00 bits per heavy atom. The molecule has 4 rings (SSSR count).